The fourth-order valence-corrected chi connectivity index (χ4v) is 4.76. The molecule has 0 fully saturated rings. The molecule has 156 valence electrons. The van der Waals surface area contributed by atoms with E-state index < -0.39 is 0 Å². The molecule has 7 heteroatoms. The van der Waals surface area contributed by atoms with Gasteiger partial charge in [0.2, 0.25) is 0 Å². The van der Waals surface area contributed by atoms with Crippen molar-refractivity contribution in [3.8, 4) is 0 Å². The lowest BCUT2D eigenvalue weighted by Gasteiger charge is -1.94. The molecule has 0 aliphatic heterocycles. The fourth-order valence-electron chi connectivity index (χ4n) is 3.45. The summed E-state index contributed by atoms with van der Waals surface area (Å²) in [5.41, 5.74) is 3.62. The summed E-state index contributed by atoms with van der Waals surface area (Å²) in [4.78, 5) is 0. The smallest absolute Gasteiger partial charge is 0.148 e. The van der Waals surface area contributed by atoms with Crippen LogP contribution in [0.15, 0.2) is 87.7 Å². The minimum atomic E-state index is 0.740. The Bertz CT molecular complexity index is 1510. The number of hydrogen-bond acceptors (Lipinski definition) is 2. The summed E-state index contributed by atoms with van der Waals surface area (Å²) in [5, 5.41) is 5.89. The zero-order valence-corrected chi connectivity index (χ0v) is 23.7. The van der Waals surface area contributed by atoms with Crippen LogP contribution in [0.4, 0.5) is 0 Å². The largest absolute Gasteiger partial charge is 0.456 e. The van der Waals surface area contributed by atoms with Crippen molar-refractivity contribution in [1.82, 2.24) is 0 Å². The lowest BCUT2D eigenvalue weighted by Crippen LogP contribution is -1.72. The Morgan fingerprint density at radius 2 is 1.10 bits per heavy atom. The Kier molecular flexibility index (Phi) is 7.90. The number of furan rings is 2. The number of para-hydroxylation sites is 2. The Morgan fingerprint density at radius 3 is 1.81 bits per heavy atom. The van der Waals surface area contributed by atoms with E-state index in [1.54, 1.807) is 0 Å². The number of fused-ring (bicyclic) bond motifs is 6. The first-order valence-electron chi connectivity index (χ1n) is 9.07. The van der Waals surface area contributed by atoms with E-state index in [0.717, 1.165) is 57.5 Å². The minimum absolute atomic E-state index is 0.740. The van der Waals surface area contributed by atoms with Crippen LogP contribution >= 0.6 is 83.0 Å². The molecule has 0 aliphatic carbocycles. The van der Waals surface area contributed by atoms with Gasteiger partial charge in [0.05, 0.1) is 3.57 Å². The summed E-state index contributed by atoms with van der Waals surface area (Å²) in [6.45, 7) is 0. The summed E-state index contributed by atoms with van der Waals surface area (Å²) < 4.78 is 12.5. The highest BCUT2D eigenvalue weighted by atomic mass is 128. The van der Waals surface area contributed by atoms with Crippen LogP contribution in [0.5, 0.6) is 0 Å². The van der Waals surface area contributed by atoms with Gasteiger partial charge in [0.1, 0.15) is 22.3 Å². The van der Waals surface area contributed by atoms with Crippen molar-refractivity contribution in [2.75, 3.05) is 0 Å². The van der Waals surface area contributed by atoms with Gasteiger partial charge in [0.15, 0.2) is 0 Å². The van der Waals surface area contributed by atoms with Crippen LogP contribution in [0.2, 0.25) is 10.0 Å². The third-order valence-electron chi connectivity index (χ3n) is 4.74. The molecule has 31 heavy (non-hydrogen) atoms. The first-order valence-corrected chi connectivity index (χ1v) is 17.2. The van der Waals surface area contributed by atoms with Crippen molar-refractivity contribution in [1.29, 1.82) is 0 Å². The van der Waals surface area contributed by atoms with Gasteiger partial charge >= 0.3 is 0 Å². The summed E-state index contributed by atoms with van der Waals surface area (Å²) in [6.07, 6.45) is 0. The van der Waals surface area contributed by atoms with Crippen molar-refractivity contribution >= 4 is 127 Å². The number of rotatable bonds is 0. The third-order valence-corrected chi connectivity index (χ3v) is 5.99. The van der Waals surface area contributed by atoms with Crippen LogP contribution in [0.25, 0.3) is 43.9 Å². The maximum Gasteiger partial charge on any atom is 0.148 e. The molecular weight excluding hydrogens is 772 g/mol. The van der Waals surface area contributed by atoms with E-state index in [4.69, 9.17) is 32.0 Å². The zero-order chi connectivity index (χ0) is 22.0. The zero-order valence-electron chi connectivity index (χ0n) is 15.7. The number of hydrogen-bond donors (Lipinski definition) is 0. The van der Waals surface area contributed by atoms with Crippen LogP contribution in [-0.4, -0.2) is 0 Å². The van der Waals surface area contributed by atoms with Gasteiger partial charge in [-0.15, -0.1) is 0 Å². The third kappa shape index (κ3) is 4.95. The maximum absolute atomic E-state index is 6.03. The second kappa shape index (κ2) is 10.5. The molecule has 4 aromatic carbocycles. The predicted octanol–water partition coefficient (Wildman–Crippen LogP) is 10.9. The summed E-state index contributed by atoms with van der Waals surface area (Å²) >= 11 is 18.4. The standard InChI is InChI=1S/C12H6ClIO.C12H7ClO.I2/c13-7-5-9-8-3-1-2-4-11(8)15-12(9)10(14)6-7;13-8-5-6-12-10(7-8)9-3-1-2-4-11(9)14-12;1-2/h1-6H;1-7H;. The van der Waals surface area contributed by atoms with Gasteiger partial charge in [0.25, 0.3) is 0 Å². The average molecular weight is 785 g/mol. The van der Waals surface area contributed by atoms with E-state index in [0.29, 0.717) is 0 Å². The van der Waals surface area contributed by atoms with Gasteiger partial charge in [-0.2, -0.15) is 0 Å². The predicted molar refractivity (Wildman–Crippen MR) is 158 cm³/mol. The summed E-state index contributed by atoms with van der Waals surface area (Å²) in [7, 11) is 0. The van der Waals surface area contributed by atoms with Crippen molar-refractivity contribution in [2.24, 2.45) is 0 Å². The number of benzene rings is 4. The fraction of sp³-hybridized carbons (Fsp3) is 0. The molecule has 0 saturated carbocycles. The molecular formula is C24H13Cl2I3O2. The molecule has 0 spiro atoms. The topological polar surface area (TPSA) is 26.3 Å². The van der Waals surface area contributed by atoms with Gasteiger partial charge in [0, 0.05) is 68.8 Å². The maximum atomic E-state index is 6.03. The van der Waals surface area contributed by atoms with E-state index in [2.05, 4.69) is 59.8 Å². The van der Waals surface area contributed by atoms with Crippen molar-refractivity contribution in [3.05, 3.63) is 92.5 Å². The Hall–Kier alpha value is -0.750. The molecule has 6 aromatic rings. The van der Waals surface area contributed by atoms with Gasteiger partial charge < -0.3 is 8.83 Å². The van der Waals surface area contributed by atoms with E-state index >= 15 is 0 Å². The van der Waals surface area contributed by atoms with E-state index in [9.17, 15) is 0 Å². The van der Waals surface area contributed by atoms with Crippen LogP contribution < -0.4 is 0 Å². The van der Waals surface area contributed by atoms with Gasteiger partial charge in [-0.25, -0.2) is 0 Å². The summed E-state index contributed by atoms with van der Waals surface area (Å²) in [5.74, 6) is 0. The van der Waals surface area contributed by atoms with E-state index in [-0.39, 0.29) is 0 Å². The quantitative estimate of drug-likeness (QED) is 0.143. The van der Waals surface area contributed by atoms with Crippen LogP contribution in [-0.2, 0) is 0 Å². The highest BCUT2D eigenvalue weighted by Gasteiger charge is 2.10. The molecule has 0 amide bonds. The van der Waals surface area contributed by atoms with Gasteiger partial charge in [-0.1, -0.05) is 59.6 Å². The first kappa shape index (κ1) is 23.4. The SMILES string of the molecule is Clc1cc(I)c2oc3ccccc3c2c1.Clc1ccc2oc3ccccc3c2c1.II. The van der Waals surface area contributed by atoms with Gasteiger partial charge in [-0.05, 0) is 65.1 Å². The highest BCUT2D eigenvalue weighted by Crippen LogP contribution is 2.34. The lowest BCUT2D eigenvalue weighted by atomic mass is 10.1. The lowest BCUT2D eigenvalue weighted by molar-refractivity contribution is 0.666. The Balaban J connectivity index is 0.000000139. The Labute approximate surface area is 225 Å². The van der Waals surface area contributed by atoms with E-state index in [1.165, 1.54) is 0 Å². The minimum Gasteiger partial charge on any atom is -0.456 e. The Morgan fingerprint density at radius 1 is 0.548 bits per heavy atom. The highest BCUT2D eigenvalue weighted by molar-refractivity contribution is 15.0. The second-order valence-electron chi connectivity index (χ2n) is 6.60. The second-order valence-corrected chi connectivity index (χ2v) is 8.64. The average Bonchev–Trinajstić information content (AvgIpc) is 3.34. The molecule has 6 rings (SSSR count). The molecule has 0 radical (unpaired) electrons. The molecule has 0 bridgehead atoms. The molecule has 2 nitrogen and oxygen atoms in total. The molecule has 2 aromatic heterocycles. The molecule has 0 N–H and O–H groups in total. The van der Waals surface area contributed by atoms with Crippen molar-refractivity contribution < 1.29 is 8.83 Å². The molecule has 2 heterocycles. The molecule has 0 saturated heterocycles. The van der Waals surface area contributed by atoms with Crippen LogP contribution in [0.3, 0.4) is 0 Å². The van der Waals surface area contributed by atoms with E-state index in [1.807, 2.05) is 78.9 Å². The monoisotopic (exact) mass is 784 g/mol. The molecule has 0 aliphatic rings. The molecule has 0 atom stereocenters. The first-order chi connectivity index (χ1) is 15.1. The van der Waals surface area contributed by atoms with Gasteiger partial charge in [-0.3, -0.25) is 0 Å². The number of halogens is 5. The molecule has 0 unspecified atom stereocenters. The van der Waals surface area contributed by atoms with Crippen LogP contribution in [0, 0.1) is 3.57 Å². The van der Waals surface area contributed by atoms with Crippen molar-refractivity contribution in [2.45, 2.75) is 0 Å². The van der Waals surface area contributed by atoms with Crippen molar-refractivity contribution in [3.63, 3.8) is 0 Å². The summed E-state index contributed by atoms with van der Waals surface area (Å²) in [6, 6.07) is 25.5. The van der Waals surface area contributed by atoms with Crippen LogP contribution in [0.1, 0.15) is 0 Å². The normalized spacial score (nSPS) is 10.7.